The fraction of sp³-hybridized carbons (Fsp3) is 0.500. The molecule has 0 spiro atoms. The Morgan fingerprint density at radius 1 is 1.50 bits per heavy atom. The number of carbonyl (C=O) groups excluding carboxylic acids is 1. The summed E-state index contributed by atoms with van der Waals surface area (Å²) in [5.74, 6) is -0.869. The Balaban J connectivity index is 2.34. The first kappa shape index (κ1) is 14.3. The Bertz CT molecular complexity index is 544. The Hall–Kier alpha value is -2.11. The number of primary amides is 1. The molecule has 1 unspecified atom stereocenters. The van der Waals surface area contributed by atoms with E-state index < -0.39 is 17.3 Å². The minimum absolute atomic E-state index is 0.00532. The molecule has 6 heteroatoms. The second-order valence-corrected chi connectivity index (χ2v) is 5.53. The summed E-state index contributed by atoms with van der Waals surface area (Å²) in [4.78, 5) is 29.1. The van der Waals surface area contributed by atoms with Crippen molar-refractivity contribution in [3.8, 4) is 0 Å². The van der Waals surface area contributed by atoms with Crippen LogP contribution in [0.3, 0.4) is 0 Å². The van der Waals surface area contributed by atoms with Gasteiger partial charge in [-0.3, -0.25) is 9.59 Å². The van der Waals surface area contributed by atoms with Gasteiger partial charge in [0.25, 0.3) is 5.91 Å². The average Bonchev–Trinajstić information content (AvgIpc) is 2.85. The van der Waals surface area contributed by atoms with Crippen LogP contribution in [0.5, 0.6) is 0 Å². The standard InChI is InChI=1S/C14H19N3O3/c1-9(2)14(13(19)20)5-7-17(8-14)12-10(11(15)18)4-3-6-16-12/h3-4,6,9H,5,7-8H2,1-2H3,(H2,15,18)(H,19,20). The van der Waals surface area contributed by atoms with Crippen LogP contribution in [0.15, 0.2) is 18.3 Å². The quantitative estimate of drug-likeness (QED) is 0.859. The minimum Gasteiger partial charge on any atom is -0.481 e. The molecule has 0 radical (unpaired) electrons. The molecule has 20 heavy (non-hydrogen) atoms. The van der Waals surface area contributed by atoms with Crippen molar-refractivity contribution in [3.05, 3.63) is 23.9 Å². The summed E-state index contributed by atoms with van der Waals surface area (Å²) in [7, 11) is 0. The van der Waals surface area contributed by atoms with Crippen molar-refractivity contribution in [1.29, 1.82) is 0 Å². The lowest BCUT2D eigenvalue weighted by Crippen LogP contribution is -2.39. The molecule has 2 heterocycles. The molecule has 1 aromatic rings. The second-order valence-electron chi connectivity index (χ2n) is 5.53. The van der Waals surface area contributed by atoms with Crippen molar-refractivity contribution in [3.63, 3.8) is 0 Å². The minimum atomic E-state index is -0.799. The van der Waals surface area contributed by atoms with Crippen LogP contribution in [-0.4, -0.2) is 35.1 Å². The predicted octanol–water partition coefficient (Wildman–Crippen LogP) is 1.12. The van der Waals surface area contributed by atoms with E-state index in [1.165, 1.54) is 0 Å². The number of carbonyl (C=O) groups is 2. The highest BCUT2D eigenvalue weighted by molar-refractivity contribution is 5.97. The van der Waals surface area contributed by atoms with Crippen LogP contribution in [-0.2, 0) is 4.79 Å². The number of rotatable bonds is 4. The maximum Gasteiger partial charge on any atom is 0.311 e. The van der Waals surface area contributed by atoms with Gasteiger partial charge in [-0.2, -0.15) is 0 Å². The number of aliphatic carboxylic acids is 1. The maximum atomic E-state index is 11.6. The highest BCUT2D eigenvalue weighted by Gasteiger charge is 2.48. The van der Waals surface area contributed by atoms with Crippen molar-refractivity contribution < 1.29 is 14.7 Å². The fourth-order valence-electron chi connectivity index (χ4n) is 2.75. The zero-order valence-electron chi connectivity index (χ0n) is 11.7. The molecule has 1 aromatic heterocycles. The van der Waals surface area contributed by atoms with Crippen LogP contribution in [0, 0.1) is 11.3 Å². The van der Waals surface area contributed by atoms with Gasteiger partial charge >= 0.3 is 5.97 Å². The number of aromatic nitrogens is 1. The van der Waals surface area contributed by atoms with Gasteiger partial charge in [-0.15, -0.1) is 0 Å². The van der Waals surface area contributed by atoms with Gasteiger partial charge in [0.2, 0.25) is 0 Å². The van der Waals surface area contributed by atoms with Gasteiger partial charge in [0.15, 0.2) is 0 Å². The first-order valence-electron chi connectivity index (χ1n) is 6.61. The van der Waals surface area contributed by atoms with Gasteiger partial charge in [0, 0.05) is 19.3 Å². The first-order chi connectivity index (χ1) is 9.38. The third kappa shape index (κ3) is 2.21. The number of carboxylic acid groups (broad SMARTS) is 1. The number of pyridine rings is 1. The van der Waals surface area contributed by atoms with E-state index in [4.69, 9.17) is 5.73 Å². The molecule has 0 aromatic carbocycles. The van der Waals surface area contributed by atoms with Crippen molar-refractivity contribution in [2.24, 2.45) is 17.1 Å². The van der Waals surface area contributed by atoms with E-state index in [9.17, 15) is 14.7 Å². The molecular weight excluding hydrogens is 258 g/mol. The highest BCUT2D eigenvalue weighted by Crippen LogP contribution is 2.40. The van der Waals surface area contributed by atoms with Gasteiger partial charge in [0.05, 0.1) is 11.0 Å². The topological polar surface area (TPSA) is 96.5 Å². The van der Waals surface area contributed by atoms with Gasteiger partial charge in [0.1, 0.15) is 5.82 Å². The largest absolute Gasteiger partial charge is 0.481 e. The molecule has 108 valence electrons. The molecular formula is C14H19N3O3. The zero-order chi connectivity index (χ0) is 14.9. The number of anilines is 1. The third-order valence-corrected chi connectivity index (χ3v) is 4.18. The smallest absolute Gasteiger partial charge is 0.311 e. The van der Waals surface area contributed by atoms with Crippen LogP contribution >= 0.6 is 0 Å². The van der Waals surface area contributed by atoms with Crippen molar-refractivity contribution in [2.75, 3.05) is 18.0 Å². The molecule has 1 aliphatic heterocycles. The molecule has 1 saturated heterocycles. The summed E-state index contributed by atoms with van der Waals surface area (Å²) < 4.78 is 0. The lowest BCUT2D eigenvalue weighted by Gasteiger charge is -2.29. The lowest BCUT2D eigenvalue weighted by molar-refractivity contribution is -0.150. The van der Waals surface area contributed by atoms with Crippen LogP contribution in [0.2, 0.25) is 0 Å². The molecule has 1 aliphatic rings. The first-order valence-corrected chi connectivity index (χ1v) is 6.61. The van der Waals surface area contributed by atoms with Crippen molar-refractivity contribution in [2.45, 2.75) is 20.3 Å². The second kappa shape index (κ2) is 5.11. The van der Waals surface area contributed by atoms with Gasteiger partial charge in [-0.1, -0.05) is 13.8 Å². The van der Waals surface area contributed by atoms with Crippen molar-refractivity contribution in [1.82, 2.24) is 4.98 Å². The summed E-state index contributed by atoms with van der Waals surface area (Å²) >= 11 is 0. The molecule has 0 bridgehead atoms. The molecule has 1 fully saturated rings. The van der Waals surface area contributed by atoms with E-state index in [0.29, 0.717) is 30.9 Å². The van der Waals surface area contributed by atoms with Crippen LogP contribution in [0.25, 0.3) is 0 Å². The number of hydrogen-bond donors (Lipinski definition) is 2. The Kier molecular flexibility index (Phi) is 3.65. The van der Waals surface area contributed by atoms with E-state index in [1.807, 2.05) is 18.7 Å². The molecule has 0 saturated carbocycles. The van der Waals surface area contributed by atoms with Crippen LogP contribution in [0.1, 0.15) is 30.6 Å². The van der Waals surface area contributed by atoms with Crippen molar-refractivity contribution >= 4 is 17.7 Å². The zero-order valence-corrected chi connectivity index (χ0v) is 11.7. The summed E-state index contributed by atoms with van der Waals surface area (Å²) in [5.41, 5.74) is 4.88. The van der Waals surface area contributed by atoms with E-state index >= 15 is 0 Å². The van der Waals surface area contributed by atoms with E-state index in [0.717, 1.165) is 0 Å². The molecule has 2 rings (SSSR count). The molecule has 0 aliphatic carbocycles. The van der Waals surface area contributed by atoms with Gasteiger partial charge < -0.3 is 15.7 Å². The number of amides is 1. The van der Waals surface area contributed by atoms with Gasteiger partial charge in [-0.05, 0) is 24.5 Å². The number of carboxylic acids is 1. The molecule has 6 nitrogen and oxygen atoms in total. The number of nitrogens with two attached hydrogens (primary N) is 1. The fourth-order valence-corrected chi connectivity index (χ4v) is 2.75. The van der Waals surface area contributed by atoms with Crippen LogP contribution < -0.4 is 10.6 Å². The summed E-state index contributed by atoms with van der Waals surface area (Å²) in [6.07, 6.45) is 2.12. The third-order valence-electron chi connectivity index (χ3n) is 4.18. The van der Waals surface area contributed by atoms with E-state index in [2.05, 4.69) is 4.98 Å². The highest BCUT2D eigenvalue weighted by atomic mass is 16.4. The lowest BCUT2D eigenvalue weighted by atomic mass is 9.76. The number of nitrogens with zero attached hydrogens (tertiary/aromatic N) is 2. The SMILES string of the molecule is CC(C)C1(C(=O)O)CCN(c2ncccc2C(N)=O)C1. The molecule has 1 atom stereocenters. The predicted molar refractivity (Wildman–Crippen MR) is 74.5 cm³/mol. The average molecular weight is 277 g/mol. The normalized spacial score (nSPS) is 22.2. The van der Waals surface area contributed by atoms with Crippen LogP contribution in [0.4, 0.5) is 5.82 Å². The van der Waals surface area contributed by atoms with E-state index in [1.54, 1.807) is 18.3 Å². The molecule has 1 amide bonds. The summed E-state index contributed by atoms with van der Waals surface area (Å²) in [6.45, 7) is 4.72. The number of hydrogen-bond acceptors (Lipinski definition) is 4. The van der Waals surface area contributed by atoms with E-state index in [-0.39, 0.29) is 5.92 Å². The molecule has 3 N–H and O–H groups in total. The monoisotopic (exact) mass is 277 g/mol. The van der Waals surface area contributed by atoms with Gasteiger partial charge in [-0.25, -0.2) is 4.98 Å². The maximum absolute atomic E-state index is 11.6. The Morgan fingerprint density at radius 2 is 2.20 bits per heavy atom. The summed E-state index contributed by atoms with van der Waals surface area (Å²) in [5, 5.41) is 9.54. The summed E-state index contributed by atoms with van der Waals surface area (Å²) in [6, 6.07) is 3.26. The Labute approximate surface area is 117 Å². The Morgan fingerprint density at radius 3 is 2.70 bits per heavy atom.